The maximum atomic E-state index is 9.36. The van der Waals surface area contributed by atoms with Gasteiger partial charge in [0.2, 0.25) is 0 Å². The molecule has 7 nitrogen and oxygen atoms in total. The molecule has 2 aliphatic rings. The Morgan fingerprint density at radius 1 is 1.11 bits per heavy atom. The lowest BCUT2D eigenvalue weighted by atomic mass is 10.1. The van der Waals surface area contributed by atoms with Crippen LogP contribution >= 0.6 is 0 Å². The van der Waals surface area contributed by atoms with Crippen LogP contribution in [0.4, 0.5) is 5.69 Å². The molecule has 0 N–H and O–H groups in total. The lowest BCUT2D eigenvalue weighted by molar-refractivity contribution is -0.0369. The summed E-state index contributed by atoms with van der Waals surface area (Å²) >= 11 is 0. The van der Waals surface area contributed by atoms with Gasteiger partial charge in [-0.05, 0) is 26.1 Å². The third-order valence-electron chi connectivity index (χ3n) is 5.45. The van der Waals surface area contributed by atoms with Gasteiger partial charge in [0.15, 0.2) is 0 Å². The summed E-state index contributed by atoms with van der Waals surface area (Å²) in [5.74, 6) is 0. The van der Waals surface area contributed by atoms with Gasteiger partial charge in [-0.3, -0.25) is 14.9 Å². The molecule has 2 atom stereocenters. The molecule has 0 radical (unpaired) electrons. The van der Waals surface area contributed by atoms with Crippen molar-refractivity contribution in [3.8, 4) is 6.07 Å². The molecular formula is C20H26N6O. The van der Waals surface area contributed by atoms with Gasteiger partial charge >= 0.3 is 0 Å². The fourth-order valence-electron chi connectivity index (χ4n) is 4.05. The van der Waals surface area contributed by atoms with Crippen molar-refractivity contribution < 1.29 is 4.74 Å². The normalized spacial score (nSPS) is 24.9. The molecule has 3 heterocycles. The number of nitrogens with zero attached hydrogens (tertiary/aromatic N) is 6. The van der Waals surface area contributed by atoms with Gasteiger partial charge in [0.25, 0.3) is 0 Å². The number of piperazine rings is 1. The zero-order chi connectivity index (χ0) is 18.8. The molecule has 2 aliphatic heterocycles. The predicted molar refractivity (Wildman–Crippen MR) is 105 cm³/mol. The van der Waals surface area contributed by atoms with Crippen molar-refractivity contribution in [1.82, 2.24) is 19.8 Å². The van der Waals surface area contributed by atoms with Crippen molar-refractivity contribution >= 4 is 16.7 Å². The van der Waals surface area contributed by atoms with E-state index in [1.807, 2.05) is 12.1 Å². The predicted octanol–water partition coefficient (Wildman–Crippen LogP) is 1.34. The largest absolute Gasteiger partial charge is 0.370 e. The SMILES string of the molecule is C[C@@H]1CN(c2ccc(C#N)c3nccnc23)C[C@H](CN2CCN(C)CC2)O1. The van der Waals surface area contributed by atoms with E-state index in [9.17, 15) is 5.26 Å². The summed E-state index contributed by atoms with van der Waals surface area (Å²) in [5.41, 5.74) is 3.07. The second-order valence-corrected chi connectivity index (χ2v) is 7.58. The number of rotatable bonds is 3. The zero-order valence-corrected chi connectivity index (χ0v) is 16.0. The summed E-state index contributed by atoms with van der Waals surface area (Å²) in [6.45, 7) is 9.13. The molecule has 1 aromatic carbocycles. The van der Waals surface area contributed by atoms with Gasteiger partial charge < -0.3 is 14.5 Å². The van der Waals surface area contributed by atoms with Crippen LogP contribution in [0.1, 0.15) is 12.5 Å². The van der Waals surface area contributed by atoms with E-state index in [0.717, 1.165) is 57.0 Å². The van der Waals surface area contributed by atoms with E-state index in [0.29, 0.717) is 11.1 Å². The van der Waals surface area contributed by atoms with E-state index < -0.39 is 0 Å². The van der Waals surface area contributed by atoms with Crippen LogP contribution in [0.3, 0.4) is 0 Å². The first-order valence-electron chi connectivity index (χ1n) is 9.59. The Labute approximate surface area is 160 Å². The Hall–Kier alpha value is -2.27. The molecule has 7 heteroatoms. The van der Waals surface area contributed by atoms with Crippen molar-refractivity contribution in [1.29, 1.82) is 5.26 Å². The maximum absolute atomic E-state index is 9.36. The number of hydrogen-bond donors (Lipinski definition) is 0. The molecule has 0 spiro atoms. The number of hydrogen-bond acceptors (Lipinski definition) is 7. The van der Waals surface area contributed by atoms with Crippen LogP contribution in [0.2, 0.25) is 0 Å². The second-order valence-electron chi connectivity index (χ2n) is 7.58. The summed E-state index contributed by atoms with van der Waals surface area (Å²) in [6.07, 6.45) is 3.65. The average Bonchev–Trinajstić information content (AvgIpc) is 2.68. The molecule has 2 aromatic rings. The smallest absolute Gasteiger partial charge is 0.113 e. The molecule has 4 rings (SSSR count). The van der Waals surface area contributed by atoms with Crippen LogP contribution in [-0.4, -0.2) is 84.8 Å². The van der Waals surface area contributed by atoms with E-state index in [4.69, 9.17) is 4.74 Å². The van der Waals surface area contributed by atoms with Crippen LogP contribution in [0.5, 0.6) is 0 Å². The van der Waals surface area contributed by atoms with Crippen molar-refractivity contribution in [2.75, 3.05) is 57.8 Å². The van der Waals surface area contributed by atoms with Gasteiger partial charge in [0.1, 0.15) is 17.1 Å². The summed E-state index contributed by atoms with van der Waals surface area (Å²) in [6, 6.07) is 6.07. The topological polar surface area (TPSA) is 68.5 Å². The molecule has 0 unspecified atom stereocenters. The number of likely N-dealkylation sites (N-methyl/N-ethyl adjacent to an activating group) is 1. The summed E-state index contributed by atoms with van der Waals surface area (Å²) in [7, 11) is 2.18. The minimum absolute atomic E-state index is 0.151. The number of morpholine rings is 1. The first kappa shape index (κ1) is 18.1. The molecular weight excluding hydrogens is 340 g/mol. The first-order valence-corrected chi connectivity index (χ1v) is 9.59. The number of fused-ring (bicyclic) bond motifs is 1. The maximum Gasteiger partial charge on any atom is 0.113 e. The number of benzene rings is 1. The molecule has 142 valence electrons. The van der Waals surface area contributed by atoms with Crippen molar-refractivity contribution in [2.24, 2.45) is 0 Å². The van der Waals surface area contributed by atoms with E-state index in [-0.39, 0.29) is 12.2 Å². The summed E-state index contributed by atoms with van der Waals surface area (Å²) < 4.78 is 6.24. The Balaban J connectivity index is 1.55. The van der Waals surface area contributed by atoms with Crippen LogP contribution in [0.25, 0.3) is 11.0 Å². The quantitative estimate of drug-likeness (QED) is 0.812. The van der Waals surface area contributed by atoms with Crippen LogP contribution < -0.4 is 4.90 Å². The van der Waals surface area contributed by atoms with E-state index in [2.05, 4.69) is 44.7 Å². The summed E-state index contributed by atoms with van der Waals surface area (Å²) in [4.78, 5) is 16.1. The lowest BCUT2D eigenvalue weighted by Gasteiger charge is -2.41. The van der Waals surface area contributed by atoms with Crippen molar-refractivity contribution in [2.45, 2.75) is 19.1 Å². The third kappa shape index (κ3) is 3.88. The Bertz CT molecular complexity index is 842. The fourth-order valence-corrected chi connectivity index (χ4v) is 4.05. The Morgan fingerprint density at radius 2 is 1.85 bits per heavy atom. The van der Waals surface area contributed by atoms with E-state index in [1.165, 1.54) is 0 Å². The molecule has 0 saturated carbocycles. The van der Waals surface area contributed by atoms with Gasteiger partial charge in [-0.25, -0.2) is 0 Å². The first-order chi connectivity index (χ1) is 13.1. The molecule has 0 aliphatic carbocycles. The third-order valence-corrected chi connectivity index (χ3v) is 5.45. The highest BCUT2D eigenvalue weighted by atomic mass is 16.5. The van der Waals surface area contributed by atoms with Gasteiger partial charge in [-0.1, -0.05) is 0 Å². The molecule has 0 bridgehead atoms. The second kappa shape index (κ2) is 7.77. The monoisotopic (exact) mass is 366 g/mol. The molecule has 0 amide bonds. The van der Waals surface area contributed by atoms with Gasteiger partial charge in [0.05, 0.1) is 23.5 Å². The highest BCUT2D eigenvalue weighted by Crippen LogP contribution is 2.29. The Kier molecular flexibility index (Phi) is 5.21. The number of anilines is 1. The van der Waals surface area contributed by atoms with Gasteiger partial charge in [-0.2, -0.15) is 5.26 Å². The van der Waals surface area contributed by atoms with Gasteiger partial charge in [0, 0.05) is 58.2 Å². The van der Waals surface area contributed by atoms with E-state index in [1.54, 1.807) is 12.4 Å². The van der Waals surface area contributed by atoms with Crippen LogP contribution in [0.15, 0.2) is 24.5 Å². The standard InChI is InChI=1S/C20H26N6O/c1-15-12-26(14-17(27-15)13-25-9-7-24(2)8-10-25)18-4-3-16(11-21)19-20(18)23-6-5-22-19/h3-6,15,17H,7-10,12-14H2,1-2H3/t15-,17+/m1/s1. The van der Waals surface area contributed by atoms with Crippen LogP contribution in [0, 0.1) is 11.3 Å². The number of aromatic nitrogens is 2. The molecule has 27 heavy (non-hydrogen) atoms. The number of nitriles is 1. The lowest BCUT2D eigenvalue weighted by Crippen LogP contribution is -2.53. The minimum Gasteiger partial charge on any atom is -0.370 e. The van der Waals surface area contributed by atoms with Crippen molar-refractivity contribution in [3.63, 3.8) is 0 Å². The van der Waals surface area contributed by atoms with E-state index >= 15 is 0 Å². The van der Waals surface area contributed by atoms with Gasteiger partial charge in [-0.15, -0.1) is 0 Å². The highest BCUT2D eigenvalue weighted by Gasteiger charge is 2.29. The molecule has 2 saturated heterocycles. The molecule has 2 fully saturated rings. The van der Waals surface area contributed by atoms with Crippen molar-refractivity contribution in [3.05, 3.63) is 30.1 Å². The minimum atomic E-state index is 0.151. The summed E-state index contributed by atoms with van der Waals surface area (Å²) in [5, 5.41) is 9.36. The Morgan fingerprint density at radius 3 is 2.59 bits per heavy atom. The molecule has 1 aromatic heterocycles. The highest BCUT2D eigenvalue weighted by molar-refractivity contribution is 5.92. The zero-order valence-electron chi connectivity index (χ0n) is 16.0. The number of ether oxygens (including phenoxy) is 1. The van der Waals surface area contributed by atoms with Crippen LogP contribution in [-0.2, 0) is 4.74 Å². The fraction of sp³-hybridized carbons (Fsp3) is 0.550. The average molecular weight is 366 g/mol.